The Kier molecular flexibility index (Phi) is 4.50. The van der Waals surface area contributed by atoms with E-state index in [9.17, 15) is 9.59 Å². The van der Waals surface area contributed by atoms with E-state index in [0.29, 0.717) is 30.8 Å². The number of carbonyl (C=O) groups excluding carboxylic acids is 2. The van der Waals surface area contributed by atoms with E-state index in [1.54, 1.807) is 11.9 Å². The van der Waals surface area contributed by atoms with Gasteiger partial charge in [-0.2, -0.15) is 5.10 Å². The third kappa shape index (κ3) is 3.17. The van der Waals surface area contributed by atoms with E-state index in [-0.39, 0.29) is 17.9 Å². The quantitative estimate of drug-likeness (QED) is 0.817. The maximum absolute atomic E-state index is 12.3. The summed E-state index contributed by atoms with van der Waals surface area (Å²) in [5.41, 5.74) is 7.51. The Morgan fingerprint density at radius 1 is 1.52 bits per heavy atom. The second kappa shape index (κ2) is 6.15. The molecule has 0 bridgehead atoms. The van der Waals surface area contributed by atoms with Crippen LogP contribution >= 0.6 is 0 Å². The van der Waals surface area contributed by atoms with Crippen LogP contribution in [0.15, 0.2) is 0 Å². The Balaban J connectivity index is 2.01. The number of nitrogens with two attached hydrogens (primary N) is 1. The van der Waals surface area contributed by atoms with Gasteiger partial charge in [0.2, 0.25) is 5.91 Å². The lowest BCUT2D eigenvalue weighted by Crippen LogP contribution is -2.43. The molecule has 2 amide bonds. The van der Waals surface area contributed by atoms with Gasteiger partial charge in [0.15, 0.2) is 0 Å². The molecule has 0 aromatic carbocycles. The molecule has 1 unspecified atom stereocenters. The first kappa shape index (κ1) is 15.3. The second-order valence-electron chi connectivity index (χ2n) is 5.50. The molecule has 2 heterocycles. The molecule has 7 nitrogen and oxygen atoms in total. The fourth-order valence-corrected chi connectivity index (χ4v) is 2.69. The molecule has 3 N–H and O–H groups in total. The first-order chi connectivity index (χ1) is 9.93. The van der Waals surface area contributed by atoms with Crippen molar-refractivity contribution in [3.63, 3.8) is 0 Å². The van der Waals surface area contributed by atoms with Gasteiger partial charge in [-0.05, 0) is 19.8 Å². The van der Waals surface area contributed by atoms with Crippen LogP contribution in [0.2, 0.25) is 0 Å². The number of likely N-dealkylation sites (tertiary alicyclic amines) is 1. The van der Waals surface area contributed by atoms with Crippen molar-refractivity contribution in [2.24, 2.45) is 7.05 Å². The van der Waals surface area contributed by atoms with Crippen LogP contribution in [-0.2, 0) is 18.3 Å². The number of aryl methyl sites for hydroxylation is 2. The van der Waals surface area contributed by atoms with Crippen molar-refractivity contribution in [1.29, 1.82) is 0 Å². The molecular formula is C14H23N5O2. The first-order valence-corrected chi connectivity index (χ1v) is 7.34. The number of carbonyl (C=O) groups is 2. The molecule has 0 aliphatic carbocycles. The smallest absolute Gasteiger partial charge is 0.271 e. The third-order valence-corrected chi connectivity index (χ3v) is 3.75. The lowest BCUT2D eigenvalue weighted by atomic mass is 10.2. The van der Waals surface area contributed by atoms with E-state index in [0.717, 1.165) is 18.7 Å². The normalized spacial score (nSPS) is 16.3. The molecule has 0 spiro atoms. The third-order valence-electron chi connectivity index (χ3n) is 3.75. The average molecular weight is 293 g/mol. The molecule has 7 heteroatoms. The van der Waals surface area contributed by atoms with Crippen LogP contribution in [0.25, 0.3) is 0 Å². The zero-order valence-electron chi connectivity index (χ0n) is 12.8. The highest BCUT2D eigenvalue weighted by molar-refractivity contribution is 5.98. The second-order valence-corrected chi connectivity index (χ2v) is 5.50. The molecule has 1 atom stereocenters. The summed E-state index contributed by atoms with van der Waals surface area (Å²) in [6.45, 7) is 5.13. The van der Waals surface area contributed by atoms with E-state index in [1.807, 2.05) is 13.8 Å². The lowest BCUT2D eigenvalue weighted by Gasteiger charge is -2.21. The Morgan fingerprint density at radius 2 is 2.24 bits per heavy atom. The van der Waals surface area contributed by atoms with Crippen molar-refractivity contribution in [3.05, 3.63) is 11.4 Å². The number of hydrogen-bond acceptors (Lipinski definition) is 4. The SMILES string of the molecule is CCc1nn(C)c(C(=O)NC(C)CN2CCCC2=O)c1N. The summed E-state index contributed by atoms with van der Waals surface area (Å²) >= 11 is 0. The molecule has 1 aliphatic rings. The average Bonchev–Trinajstić information content (AvgIpc) is 2.93. The van der Waals surface area contributed by atoms with Gasteiger partial charge in [-0.25, -0.2) is 0 Å². The monoisotopic (exact) mass is 293 g/mol. The highest BCUT2D eigenvalue weighted by Gasteiger charge is 2.24. The highest BCUT2D eigenvalue weighted by atomic mass is 16.2. The van der Waals surface area contributed by atoms with Gasteiger partial charge in [0, 0.05) is 32.6 Å². The van der Waals surface area contributed by atoms with E-state index < -0.39 is 0 Å². The maximum atomic E-state index is 12.3. The topological polar surface area (TPSA) is 93.2 Å². The predicted octanol–water partition coefficient (Wildman–Crippen LogP) is 0.305. The van der Waals surface area contributed by atoms with Gasteiger partial charge in [-0.15, -0.1) is 0 Å². The Labute approximate surface area is 124 Å². The molecular weight excluding hydrogens is 270 g/mol. The minimum atomic E-state index is -0.249. The van der Waals surface area contributed by atoms with Gasteiger partial charge in [-0.1, -0.05) is 6.92 Å². The van der Waals surface area contributed by atoms with Crippen molar-refractivity contribution >= 4 is 17.5 Å². The molecule has 2 rings (SSSR count). The summed E-state index contributed by atoms with van der Waals surface area (Å²) in [5.74, 6) is -0.0919. The molecule has 116 valence electrons. The first-order valence-electron chi connectivity index (χ1n) is 7.34. The maximum Gasteiger partial charge on any atom is 0.271 e. The minimum Gasteiger partial charge on any atom is -0.395 e. The van der Waals surface area contributed by atoms with Gasteiger partial charge in [0.1, 0.15) is 5.69 Å². The standard InChI is InChI=1S/C14H23N5O2/c1-4-10-12(15)13(18(3)17-10)14(21)16-9(2)8-19-7-5-6-11(19)20/h9H,4-8,15H2,1-3H3,(H,16,21). The van der Waals surface area contributed by atoms with Crippen LogP contribution in [0.5, 0.6) is 0 Å². The number of hydrogen-bond donors (Lipinski definition) is 2. The van der Waals surface area contributed by atoms with E-state index in [1.165, 1.54) is 4.68 Å². The summed E-state index contributed by atoms with van der Waals surface area (Å²) in [6.07, 6.45) is 2.19. The number of nitrogens with one attached hydrogen (secondary N) is 1. The Hall–Kier alpha value is -2.05. The number of rotatable bonds is 5. The number of anilines is 1. The van der Waals surface area contributed by atoms with Crippen LogP contribution in [0, 0.1) is 0 Å². The summed E-state index contributed by atoms with van der Waals surface area (Å²) in [4.78, 5) is 25.7. The fourth-order valence-electron chi connectivity index (χ4n) is 2.69. The van der Waals surface area contributed by atoms with Crippen LogP contribution in [0.1, 0.15) is 42.9 Å². The van der Waals surface area contributed by atoms with Crippen LogP contribution in [0.4, 0.5) is 5.69 Å². The number of amides is 2. The minimum absolute atomic E-state index is 0.126. The van der Waals surface area contributed by atoms with E-state index >= 15 is 0 Å². The van der Waals surface area contributed by atoms with Gasteiger partial charge in [0.25, 0.3) is 5.91 Å². The molecule has 21 heavy (non-hydrogen) atoms. The fraction of sp³-hybridized carbons (Fsp3) is 0.643. The molecule has 0 saturated carbocycles. The van der Waals surface area contributed by atoms with Crippen molar-refractivity contribution < 1.29 is 9.59 Å². The molecule has 1 aromatic heterocycles. The lowest BCUT2D eigenvalue weighted by molar-refractivity contribution is -0.127. The summed E-state index contributed by atoms with van der Waals surface area (Å²) < 4.78 is 1.51. The zero-order valence-corrected chi connectivity index (χ0v) is 12.8. The molecule has 1 fully saturated rings. The molecule has 1 aliphatic heterocycles. The van der Waals surface area contributed by atoms with Gasteiger partial charge in [-0.3, -0.25) is 14.3 Å². The highest BCUT2D eigenvalue weighted by Crippen LogP contribution is 2.17. The van der Waals surface area contributed by atoms with Crippen molar-refractivity contribution in [2.45, 2.75) is 39.2 Å². The van der Waals surface area contributed by atoms with Crippen LogP contribution in [0.3, 0.4) is 0 Å². The van der Waals surface area contributed by atoms with Crippen molar-refractivity contribution in [2.75, 3.05) is 18.8 Å². The Morgan fingerprint density at radius 3 is 2.76 bits per heavy atom. The van der Waals surface area contributed by atoms with E-state index in [4.69, 9.17) is 5.73 Å². The van der Waals surface area contributed by atoms with E-state index in [2.05, 4.69) is 10.4 Å². The van der Waals surface area contributed by atoms with Gasteiger partial charge < -0.3 is 16.0 Å². The molecule has 1 aromatic rings. The Bertz CT molecular complexity index is 552. The van der Waals surface area contributed by atoms with Crippen LogP contribution < -0.4 is 11.1 Å². The number of nitrogens with zero attached hydrogens (tertiary/aromatic N) is 3. The summed E-state index contributed by atoms with van der Waals surface area (Å²) in [5, 5.41) is 7.13. The van der Waals surface area contributed by atoms with Crippen molar-refractivity contribution in [1.82, 2.24) is 20.0 Å². The van der Waals surface area contributed by atoms with Crippen LogP contribution in [-0.4, -0.2) is 45.6 Å². The molecule has 0 radical (unpaired) electrons. The zero-order chi connectivity index (χ0) is 15.6. The summed E-state index contributed by atoms with van der Waals surface area (Å²) in [6, 6.07) is -0.126. The largest absolute Gasteiger partial charge is 0.395 e. The van der Waals surface area contributed by atoms with Crippen molar-refractivity contribution in [3.8, 4) is 0 Å². The summed E-state index contributed by atoms with van der Waals surface area (Å²) in [7, 11) is 1.71. The number of aromatic nitrogens is 2. The number of nitrogen functional groups attached to an aromatic ring is 1. The van der Waals surface area contributed by atoms with Gasteiger partial charge in [0.05, 0.1) is 11.4 Å². The molecule has 1 saturated heterocycles. The van der Waals surface area contributed by atoms with Gasteiger partial charge >= 0.3 is 0 Å². The predicted molar refractivity (Wildman–Crippen MR) is 79.7 cm³/mol.